The van der Waals surface area contributed by atoms with Gasteiger partial charge in [-0.15, -0.1) is 0 Å². The van der Waals surface area contributed by atoms with Crippen LogP contribution in [-0.2, 0) is 0 Å². The first-order chi connectivity index (χ1) is 7.10. The molecule has 4 heteroatoms. The second kappa shape index (κ2) is 5.00. The largest absolute Gasteiger partial charge is 0.497 e. The Bertz CT molecular complexity index is 326. The predicted molar refractivity (Wildman–Crippen MR) is 60.2 cm³/mol. The van der Waals surface area contributed by atoms with Gasteiger partial charge in [0.1, 0.15) is 11.5 Å². The van der Waals surface area contributed by atoms with Crippen molar-refractivity contribution in [3.8, 4) is 11.5 Å². The van der Waals surface area contributed by atoms with Crippen molar-refractivity contribution in [2.24, 2.45) is 5.73 Å². The summed E-state index contributed by atoms with van der Waals surface area (Å²) in [6, 6.07) is 5.63. The highest BCUT2D eigenvalue weighted by atomic mass is 16.5. The second-order valence-corrected chi connectivity index (χ2v) is 3.52. The van der Waals surface area contributed by atoms with Gasteiger partial charge in [0.05, 0.1) is 20.4 Å². The molecule has 1 aromatic rings. The average Bonchev–Trinajstić information content (AvgIpc) is 2.27. The van der Waals surface area contributed by atoms with Crippen LogP contribution in [0.3, 0.4) is 0 Å². The first kappa shape index (κ1) is 11.8. The van der Waals surface area contributed by atoms with Gasteiger partial charge in [-0.3, -0.25) is 4.90 Å². The lowest BCUT2D eigenvalue weighted by Crippen LogP contribution is -2.27. The van der Waals surface area contributed by atoms with E-state index < -0.39 is 0 Å². The summed E-state index contributed by atoms with van der Waals surface area (Å²) in [6.07, 6.45) is -0.175. The molecule has 0 amide bonds. The highest BCUT2D eigenvalue weighted by Crippen LogP contribution is 2.28. The van der Waals surface area contributed by atoms with E-state index >= 15 is 0 Å². The van der Waals surface area contributed by atoms with Crippen molar-refractivity contribution in [1.82, 2.24) is 4.90 Å². The molecule has 0 aliphatic rings. The van der Waals surface area contributed by atoms with Crippen LogP contribution < -0.4 is 15.2 Å². The fourth-order valence-corrected chi connectivity index (χ4v) is 1.34. The van der Waals surface area contributed by atoms with Crippen LogP contribution in [0.5, 0.6) is 11.5 Å². The van der Waals surface area contributed by atoms with E-state index in [1.54, 1.807) is 14.2 Å². The van der Waals surface area contributed by atoms with Gasteiger partial charge in [0.25, 0.3) is 0 Å². The van der Waals surface area contributed by atoms with Crippen molar-refractivity contribution in [3.63, 3.8) is 0 Å². The molecular weight excluding hydrogens is 192 g/mol. The van der Waals surface area contributed by atoms with Crippen molar-refractivity contribution >= 4 is 0 Å². The van der Waals surface area contributed by atoms with E-state index in [0.717, 1.165) is 17.1 Å². The molecule has 0 aliphatic heterocycles. The summed E-state index contributed by atoms with van der Waals surface area (Å²) >= 11 is 0. The number of rotatable bonds is 4. The summed E-state index contributed by atoms with van der Waals surface area (Å²) in [6.45, 7) is 0. The summed E-state index contributed by atoms with van der Waals surface area (Å²) < 4.78 is 10.4. The Morgan fingerprint density at radius 1 is 1.20 bits per heavy atom. The summed E-state index contributed by atoms with van der Waals surface area (Å²) in [4.78, 5) is 1.92. The van der Waals surface area contributed by atoms with Crippen LogP contribution >= 0.6 is 0 Å². The Kier molecular flexibility index (Phi) is 3.94. The molecule has 0 aliphatic carbocycles. The van der Waals surface area contributed by atoms with Crippen LogP contribution in [0, 0.1) is 0 Å². The van der Waals surface area contributed by atoms with Crippen molar-refractivity contribution in [1.29, 1.82) is 0 Å². The Morgan fingerprint density at radius 2 is 1.87 bits per heavy atom. The zero-order chi connectivity index (χ0) is 11.4. The Morgan fingerprint density at radius 3 is 2.33 bits per heavy atom. The molecule has 0 heterocycles. The van der Waals surface area contributed by atoms with Crippen LogP contribution in [0.25, 0.3) is 0 Å². The third-order valence-corrected chi connectivity index (χ3v) is 2.32. The molecule has 0 saturated heterocycles. The lowest BCUT2D eigenvalue weighted by molar-refractivity contribution is 0.295. The molecule has 1 atom stereocenters. The highest BCUT2D eigenvalue weighted by Gasteiger charge is 2.14. The molecule has 2 N–H and O–H groups in total. The standard InChI is InChI=1S/C11H18N2O2/c1-13(2)11(12)9-6-5-8(14-3)7-10(9)15-4/h5-7,11H,12H2,1-4H3. The van der Waals surface area contributed by atoms with Crippen LogP contribution in [0.4, 0.5) is 0 Å². The molecule has 1 unspecified atom stereocenters. The van der Waals surface area contributed by atoms with E-state index in [-0.39, 0.29) is 6.17 Å². The van der Waals surface area contributed by atoms with Gasteiger partial charge in [-0.1, -0.05) is 0 Å². The first-order valence-corrected chi connectivity index (χ1v) is 4.74. The molecule has 15 heavy (non-hydrogen) atoms. The van der Waals surface area contributed by atoms with E-state index in [9.17, 15) is 0 Å². The zero-order valence-corrected chi connectivity index (χ0v) is 9.65. The van der Waals surface area contributed by atoms with Gasteiger partial charge in [0.2, 0.25) is 0 Å². The molecule has 1 rings (SSSR count). The number of benzene rings is 1. The number of hydrogen-bond acceptors (Lipinski definition) is 4. The molecule has 0 bridgehead atoms. The molecule has 84 valence electrons. The maximum absolute atomic E-state index is 6.01. The van der Waals surface area contributed by atoms with Crippen molar-refractivity contribution < 1.29 is 9.47 Å². The minimum absolute atomic E-state index is 0.175. The molecule has 0 saturated carbocycles. The maximum atomic E-state index is 6.01. The predicted octanol–water partition coefficient (Wildman–Crippen LogP) is 1.22. The van der Waals surface area contributed by atoms with Gasteiger partial charge in [0.15, 0.2) is 0 Å². The minimum atomic E-state index is -0.175. The zero-order valence-electron chi connectivity index (χ0n) is 9.65. The Hall–Kier alpha value is -1.26. The van der Waals surface area contributed by atoms with E-state index in [0.29, 0.717) is 0 Å². The van der Waals surface area contributed by atoms with E-state index in [1.165, 1.54) is 0 Å². The molecule has 0 spiro atoms. The quantitative estimate of drug-likeness (QED) is 0.759. The number of nitrogens with two attached hydrogens (primary N) is 1. The van der Waals surface area contributed by atoms with Gasteiger partial charge in [-0.2, -0.15) is 0 Å². The topological polar surface area (TPSA) is 47.7 Å². The van der Waals surface area contributed by atoms with Gasteiger partial charge in [-0.05, 0) is 26.2 Å². The molecule has 0 radical (unpaired) electrons. The SMILES string of the molecule is COc1ccc(C(N)N(C)C)c(OC)c1. The van der Waals surface area contributed by atoms with Gasteiger partial charge < -0.3 is 15.2 Å². The molecule has 1 aromatic carbocycles. The monoisotopic (exact) mass is 210 g/mol. The fourth-order valence-electron chi connectivity index (χ4n) is 1.34. The number of hydrogen-bond donors (Lipinski definition) is 1. The minimum Gasteiger partial charge on any atom is -0.497 e. The van der Waals surface area contributed by atoms with Crippen LogP contribution in [-0.4, -0.2) is 33.2 Å². The molecule has 0 fully saturated rings. The lowest BCUT2D eigenvalue weighted by Gasteiger charge is -2.22. The fraction of sp³-hybridized carbons (Fsp3) is 0.455. The smallest absolute Gasteiger partial charge is 0.128 e. The van der Waals surface area contributed by atoms with E-state index in [2.05, 4.69) is 0 Å². The first-order valence-electron chi connectivity index (χ1n) is 4.74. The van der Waals surface area contributed by atoms with Crippen LogP contribution in [0.15, 0.2) is 18.2 Å². The van der Waals surface area contributed by atoms with Gasteiger partial charge >= 0.3 is 0 Å². The number of nitrogens with zero attached hydrogens (tertiary/aromatic N) is 1. The summed E-state index contributed by atoms with van der Waals surface area (Å²) in [7, 11) is 7.10. The summed E-state index contributed by atoms with van der Waals surface area (Å²) in [5.41, 5.74) is 6.96. The van der Waals surface area contributed by atoms with Crippen LogP contribution in [0.2, 0.25) is 0 Å². The second-order valence-electron chi connectivity index (χ2n) is 3.52. The maximum Gasteiger partial charge on any atom is 0.128 e. The van der Waals surface area contributed by atoms with Crippen LogP contribution in [0.1, 0.15) is 11.7 Å². The highest BCUT2D eigenvalue weighted by molar-refractivity contribution is 5.42. The molecular formula is C11H18N2O2. The molecule has 4 nitrogen and oxygen atoms in total. The lowest BCUT2D eigenvalue weighted by atomic mass is 10.1. The third kappa shape index (κ3) is 2.61. The van der Waals surface area contributed by atoms with Gasteiger partial charge in [-0.25, -0.2) is 0 Å². The van der Waals surface area contributed by atoms with Gasteiger partial charge in [0, 0.05) is 11.6 Å². The molecule has 0 aromatic heterocycles. The third-order valence-electron chi connectivity index (χ3n) is 2.32. The Labute approximate surface area is 90.6 Å². The summed E-state index contributed by atoms with van der Waals surface area (Å²) in [5, 5.41) is 0. The normalized spacial score (nSPS) is 12.7. The average molecular weight is 210 g/mol. The summed E-state index contributed by atoms with van der Waals surface area (Å²) in [5.74, 6) is 1.51. The number of ether oxygens (including phenoxy) is 2. The van der Waals surface area contributed by atoms with E-state index in [4.69, 9.17) is 15.2 Å². The van der Waals surface area contributed by atoms with Crippen molar-refractivity contribution in [2.45, 2.75) is 6.17 Å². The number of methoxy groups -OCH3 is 2. The Balaban J connectivity index is 3.07. The van der Waals surface area contributed by atoms with Crippen molar-refractivity contribution in [2.75, 3.05) is 28.3 Å². The van der Waals surface area contributed by atoms with Crippen molar-refractivity contribution in [3.05, 3.63) is 23.8 Å². The van der Waals surface area contributed by atoms with E-state index in [1.807, 2.05) is 37.2 Å².